The summed E-state index contributed by atoms with van der Waals surface area (Å²) in [7, 11) is 4.12. The number of benzene rings is 1. The lowest BCUT2D eigenvalue weighted by Gasteiger charge is -2.37. The number of carbonyl (C=O) groups is 1. The molecule has 0 aliphatic carbocycles. The van der Waals surface area contributed by atoms with Crippen LogP contribution in [0.15, 0.2) is 12.1 Å². The lowest BCUT2D eigenvalue weighted by molar-refractivity contribution is 0.0881. The summed E-state index contributed by atoms with van der Waals surface area (Å²) in [6, 6.07) is 3.02. The number of piperazine rings is 1. The van der Waals surface area contributed by atoms with Crippen LogP contribution in [0.25, 0.3) is 0 Å². The Kier molecular flexibility index (Phi) is 4.80. The molecule has 0 aromatic heterocycles. The summed E-state index contributed by atoms with van der Waals surface area (Å²) in [5.41, 5.74) is 6.65. The monoisotopic (exact) mass is 294 g/mol. The van der Waals surface area contributed by atoms with Gasteiger partial charge in [-0.1, -0.05) is 0 Å². The Hall–Kier alpha value is -1.66. The highest BCUT2D eigenvalue weighted by Crippen LogP contribution is 2.17. The van der Waals surface area contributed by atoms with Gasteiger partial charge in [-0.05, 0) is 33.2 Å². The predicted octanol–water partition coefficient (Wildman–Crippen LogP) is 0.692. The number of nitrogen functional groups attached to an aromatic ring is 1. The first-order valence-electron chi connectivity index (χ1n) is 7.11. The topological polar surface area (TPSA) is 61.6 Å². The highest BCUT2D eigenvalue weighted by atomic mass is 19.1. The number of anilines is 1. The van der Waals surface area contributed by atoms with Crippen molar-refractivity contribution >= 4 is 11.6 Å². The van der Waals surface area contributed by atoms with E-state index in [1.165, 1.54) is 12.1 Å². The normalized spacial score (nSPS) is 20.5. The number of halogens is 1. The van der Waals surface area contributed by atoms with Crippen LogP contribution >= 0.6 is 0 Å². The minimum atomic E-state index is -0.449. The van der Waals surface area contributed by atoms with Crippen molar-refractivity contribution in [3.8, 4) is 0 Å². The van der Waals surface area contributed by atoms with E-state index in [-0.39, 0.29) is 17.5 Å². The van der Waals surface area contributed by atoms with Crippen LogP contribution < -0.4 is 11.1 Å². The zero-order chi connectivity index (χ0) is 15.6. The molecule has 1 aromatic carbocycles. The van der Waals surface area contributed by atoms with Crippen molar-refractivity contribution in [1.82, 2.24) is 15.1 Å². The van der Waals surface area contributed by atoms with Crippen LogP contribution in [0.2, 0.25) is 0 Å². The van der Waals surface area contributed by atoms with Gasteiger partial charge in [0.1, 0.15) is 5.82 Å². The van der Waals surface area contributed by atoms with E-state index in [0.29, 0.717) is 17.8 Å². The maximum absolute atomic E-state index is 13.6. The van der Waals surface area contributed by atoms with E-state index < -0.39 is 5.82 Å². The third-order valence-corrected chi connectivity index (χ3v) is 4.13. The van der Waals surface area contributed by atoms with Crippen molar-refractivity contribution in [2.75, 3.05) is 46.0 Å². The minimum Gasteiger partial charge on any atom is -0.398 e. The number of likely N-dealkylation sites (N-methyl/N-ethyl adjacent to an activating group) is 2. The second kappa shape index (κ2) is 6.41. The van der Waals surface area contributed by atoms with E-state index in [9.17, 15) is 9.18 Å². The van der Waals surface area contributed by atoms with Crippen LogP contribution in [0.5, 0.6) is 0 Å². The summed E-state index contributed by atoms with van der Waals surface area (Å²) in [5, 5.41) is 2.86. The van der Waals surface area contributed by atoms with Gasteiger partial charge in [0.2, 0.25) is 0 Å². The quantitative estimate of drug-likeness (QED) is 0.805. The van der Waals surface area contributed by atoms with E-state index in [1.807, 2.05) is 7.05 Å². The molecule has 6 heteroatoms. The maximum atomic E-state index is 13.6. The SMILES string of the molecule is Cc1c(N)cc(C(=O)NCC2CN(C)CCN2C)cc1F. The fraction of sp³-hybridized carbons (Fsp3) is 0.533. The van der Waals surface area contributed by atoms with E-state index in [4.69, 9.17) is 5.73 Å². The molecule has 21 heavy (non-hydrogen) atoms. The van der Waals surface area contributed by atoms with Gasteiger partial charge in [-0.3, -0.25) is 9.69 Å². The fourth-order valence-corrected chi connectivity index (χ4v) is 2.47. The first kappa shape index (κ1) is 15.7. The Labute approximate surface area is 124 Å². The lowest BCUT2D eigenvalue weighted by Crippen LogP contribution is -2.54. The van der Waals surface area contributed by atoms with E-state index in [1.54, 1.807) is 6.92 Å². The number of carbonyl (C=O) groups excluding carboxylic acids is 1. The number of nitrogens with zero attached hydrogens (tertiary/aromatic N) is 2. The van der Waals surface area contributed by atoms with Crippen molar-refractivity contribution in [2.24, 2.45) is 0 Å². The summed E-state index contributed by atoms with van der Waals surface area (Å²) < 4.78 is 13.6. The van der Waals surface area contributed by atoms with Gasteiger partial charge in [-0.25, -0.2) is 4.39 Å². The van der Waals surface area contributed by atoms with Crippen LogP contribution in [0.1, 0.15) is 15.9 Å². The molecule has 0 spiro atoms. The molecule has 1 unspecified atom stereocenters. The summed E-state index contributed by atoms with van der Waals surface area (Å²) >= 11 is 0. The summed E-state index contributed by atoms with van der Waals surface area (Å²) in [5.74, 6) is -0.739. The molecule has 1 fully saturated rings. The molecular formula is C15H23FN4O. The average Bonchev–Trinajstić information content (AvgIpc) is 2.44. The molecule has 1 amide bonds. The van der Waals surface area contributed by atoms with Crippen molar-refractivity contribution in [3.05, 3.63) is 29.1 Å². The third-order valence-electron chi connectivity index (χ3n) is 4.13. The van der Waals surface area contributed by atoms with Gasteiger partial charge in [0.25, 0.3) is 5.91 Å². The van der Waals surface area contributed by atoms with Crippen molar-refractivity contribution in [1.29, 1.82) is 0 Å². The largest absolute Gasteiger partial charge is 0.398 e. The zero-order valence-electron chi connectivity index (χ0n) is 12.8. The van der Waals surface area contributed by atoms with E-state index >= 15 is 0 Å². The van der Waals surface area contributed by atoms with Gasteiger partial charge in [-0.15, -0.1) is 0 Å². The molecule has 0 saturated carbocycles. The Balaban J connectivity index is 1.98. The third kappa shape index (κ3) is 3.71. The lowest BCUT2D eigenvalue weighted by atomic mass is 10.1. The molecule has 116 valence electrons. The van der Waals surface area contributed by atoms with Gasteiger partial charge in [0.05, 0.1) is 0 Å². The van der Waals surface area contributed by atoms with Gasteiger partial charge < -0.3 is 16.0 Å². The molecule has 1 heterocycles. The summed E-state index contributed by atoms with van der Waals surface area (Å²) in [6.45, 7) is 5.04. The van der Waals surface area contributed by atoms with Crippen molar-refractivity contribution in [2.45, 2.75) is 13.0 Å². The molecule has 1 atom stereocenters. The highest BCUT2D eigenvalue weighted by Gasteiger charge is 2.22. The molecule has 1 aliphatic rings. The predicted molar refractivity (Wildman–Crippen MR) is 81.8 cm³/mol. The Morgan fingerprint density at radius 1 is 1.43 bits per heavy atom. The molecule has 3 N–H and O–H groups in total. The Morgan fingerprint density at radius 2 is 2.14 bits per heavy atom. The first-order valence-corrected chi connectivity index (χ1v) is 7.11. The van der Waals surface area contributed by atoms with Crippen LogP contribution in [-0.4, -0.2) is 62.0 Å². The van der Waals surface area contributed by atoms with E-state index in [0.717, 1.165) is 19.6 Å². The van der Waals surface area contributed by atoms with Crippen molar-refractivity contribution in [3.63, 3.8) is 0 Å². The Morgan fingerprint density at radius 3 is 2.81 bits per heavy atom. The molecule has 1 aliphatic heterocycles. The molecule has 0 bridgehead atoms. The van der Waals surface area contributed by atoms with Crippen LogP contribution in [-0.2, 0) is 0 Å². The molecule has 1 saturated heterocycles. The number of rotatable bonds is 3. The summed E-state index contributed by atoms with van der Waals surface area (Å²) in [4.78, 5) is 16.6. The van der Waals surface area contributed by atoms with Crippen LogP contribution in [0, 0.1) is 12.7 Å². The fourth-order valence-electron chi connectivity index (χ4n) is 2.47. The first-order chi connectivity index (χ1) is 9.88. The smallest absolute Gasteiger partial charge is 0.251 e. The second-order valence-corrected chi connectivity index (χ2v) is 5.78. The van der Waals surface area contributed by atoms with Crippen LogP contribution in [0.4, 0.5) is 10.1 Å². The maximum Gasteiger partial charge on any atom is 0.251 e. The number of amides is 1. The van der Waals surface area contributed by atoms with Gasteiger partial charge in [-0.2, -0.15) is 0 Å². The number of hydrogen-bond donors (Lipinski definition) is 2. The number of nitrogens with one attached hydrogen (secondary N) is 1. The number of hydrogen-bond acceptors (Lipinski definition) is 4. The van der Waals surface area contributed by atoms with E-state index in [2.05, 4.69) is 22.2 Å². The van der Waals surface area contributed by atoms with Crippen LogP contribution in [0.3, 0.4) is 0 Å². The Bertz CT molecular complexity index is 511. The molecule has 1 aromatic rings. The van der Waals surface area contributed by atoms with Gasteiger partial charge in [0, 0.05) is 49.0 Å². The molecule has 2 rings (SSSR count). The zero-order valence-corrected chi connectivity index (χ0v) is 12.8. The molecular weight excluding hydrogens is 271 g/mol. The van der Waals surface area contributed by atoms with Gasteiger partial charge >= 0.3 is 0 Å². The molecule has 0 radical (unpaired) electrons. The second-order valence-electron chi connectivity index (χ2n) is 5.78. The standard InChI is InChI=1S/C15H23FN4O/c1-10-13(16)6-11(7-14(10)17)15(21)18-8-12-9-19(2)4-5-20(12)3/h6-7,12H,4-5,8-9,17H2,1-3H3,(H,18,21). The average molecular weight is 294 g/mol. The highest BCUT2D eigenvalue weighted by molar-refractivity contribution is 5.95. The van der Waals surface area contributed by atoms with Crippen molar-refractivity contribution < 1.29 is 9.18 Å². The summed E-state index contributed by atoms with van der Waals surface area (Å²) in [6.07, 6.45) is 0. The minimum absolute atomic E-state index is 0.264. The number of nitrogens with two attached hydrogens (primary N) is 1. The van der Waals surface area contributed by atoms with Gasteiger partial charge in [0.15, 0.2) is 0 Å². The molecule has 5 nitrogen and oxygen atoms in total.